The fraction of sp³-hybridized carbons (Fsp3) is 0.400. The lowest BCUT2D eigenvalue weighted by Crippen LogP contribution is -2.46. The number of alkyl carbamates (subject to hydrolysis) is 1. The van der Waals surface area contributed by atoms with Crippen molar-refractivity contribution in [2.45, 2.75) is 38.1 Å². The van der Waals surface area contributed by atoms with Crippen LogP contribution in [-0.4, -0.2) is 53.7 Å². The molecule has 0 aliphatic heterocycles. The second-order valence-corrected chi connectivity index (χ2v) is 8.51. The molecule has 2 aromatic rings. The number of amides is 2. The molecule has 2 aliphatic rings. The van der Waals surface area contributed by atoms with Crippen LogP contribution < -0.4 is 5.32 Å². The van der Waals surface area contributed by atoms with Crippen LogP contribution in [0.15, 0.2) is 48.5 Å². The number of carboxylic acids is 1. The van der Waals surface area contributed by atoms with E-state index in [1.54, 1.807) is 6.92 Å². The molecule has 4 rings (SSSR count). The number of likely N-dealkylation sites (N-methyl/N-ethyl adjacent to an activating group) is 1. The van der Waals surface area contributed by atoms with Gasteiger partial charge in [-0.15, -0.1) is 0 Å². The summed E-state index contributed by atoms with van der Waals surface area (Å²) in [7, 11) is 0. The minimum atomic E-state index is -1.01. The zero-order valence-corrected chi connectivity index (χ0v) is 18.1. The first kappa shape index (κ1) is 21.9. The molecule has 7 heteroatoms. The van der Waals surface area contributed by atoms with Crippen LogP contribution in [-0.2, 0) is 14.3 Å². The normalized spacial score (nSPS) is 18.8. The first-order valence-electron chi connectivity index (χ1n) is 11.1. The van der Waals surface area contributed by atoms with Crippen molar-refractivity contribution in [3.8, 4) is 11.1 Å². The van der Waals surface area contributed by atoms with E-state index < -0.39 is 12.1 Å². The van der Waals surface area contributed by atoms with E-state index in [1.165, 1.54) is 27.2 Å². The number of benzene rings is 2. The number of rotatable bonds is 8. The quantitative estimate of drug-likeness (QED) is 0.659. The summed E-state index contributed by atoms with van der Waals surface area (Å²) in [5, 5.41) is 11.8. The Labute approximate surface area is 187 Å². The van der Waals surface area contributed by atoms with E-state index in [2.05, 4.69) is 29.6 Å². The van der Waals surface area contributed by atoms with Crippen LogP contribution in [0, 0.1) is 5.92 Å². The molecule has 0 unspecified atom stereocenters. The van der Waals surface area contributed by atoms with E-state index in [0.29, 0.717) is 25.8 Å². The van der Waals surface area contributed by atoms with Crippen LogP contribution in [0.3, 0.4) is 0 Å². The van der Waals surface area contributed by atoms with Gasteiger partial charge in [0.15, 0.2) is 0 Å². The number of carboxylic acid groups (broad SMARTS) is 1. The van der Waals surface area contributed by atoms with E-state index in [9.17, 15) is 14.4 Å². The Morgan fingerprint density at radius 3 is 2.19 bits per heavy atom. The fourth-order valence-electron chi connectivity index (χ4n) is 4.74. The molecule has 0 atom stereocenters. The molecule has 0 bridgehead atoms. The van der Waals surface area contributed by atoms with Gasteiger partial charge in [-0.3, -0.25) is 9.59 Å². The summed E-state index contributed by atoms with van der Waals surface area (Å²) < 4.78 is 5.57. The van der Waals surface area contributed by atoms with Crippen LogP contribution >= 0.6 is 0 Å². The van der Waals surface area contributed by atoms with Gasteiger partial charge in [0.2, 0.25) is 5.91 Å². The summed E-state index contributed by atoms with van der Waals surface area (Å²) in [5.74, 6) is -0.985. The summed E-state index contributed by atoms with van der Waals surface area (Å²) in [6, 6.07) is 16.4. The fourth-order valence-corrected chi connectivity index (χ4v) is 4.74. The number of hydrogen-bond donors (Lipinski definition) is 2. The highest BCUT2D eigenvalue weighted by molar-refractivity contribution is 5.81. The maximum Gasteiger partial charge on any atom is 0.407 e. The molecular weight excluding hydrogens is 408 g/mol. The van der Waals surface area contributed by atoms with E-state index in [4.69, 9.17) is 9.84 Å². The molecule has 2 aliphatic carbocycles. The van der Waals surface area contributed by atoms with Crippen molar-refractivity contribution < 1.29 is 24.2 Å². The van der Waals surface area contributed by atoms with Gasteiger partial charge in [-0.2, -0.15) is 0 Å². The standard InChI is InChI=1S/C25H28N2O5/c1-2-27(14-24(29)30)23(28)13-16-11-17(12-16)26-25(31)32-15-22-20-9-5-3-7-18(20)19-8-4-6-10-21(19)22/h3-10,16-17,22H,2,11-15H2,1H3,(H,26,31)(H,29,30). The second-order valence-electron chi connectivity index (χ2n) is 8.51. The van der Waals surface area contributed by atoms with Gasteiger partial charge in [0.05, 0.1) is 0 Å². The third-order valence-electron chi connectivity index (χ3n) is 6.43. The summed E-state index contributed by atoms with van der Waals surface area (Å²) in [5.41, 5.74) is 4.72. The van der Waals surface area contributed by atoms with Gasteiger partial charge in [0, 0.05) is 24.9 Å². The zero-order chi connectivity index (χ0) is 22.7. The Morgan fingerprint density at radius 1 is 1.03 bits per heavy atom. The molecule has 2 N–H and O–H groups in total. The number of fused-ring (bicyclic) bond motifs is 3. The molecule has 32 heavy (non-hydrogen) atoms. The molecule has 1 saturated carbocycles. The van der Waals surface area contributed by atoms with Crippen molar-refractivity contribution in [2.75, 3.05) is 19.7 Å². The molecular formula is C25H28N2O5. The third kappa shape index (κ3) is 4.61. The van der Waals surface area contributed by atoms with Crippen LogP contribution in [0.2, 0.25) is 0 Å². The SMILES string of the molecule is CCN(CC(=O)O)C(=O)CC1CC(NC(=O)OCC2c3ccccc3-c3ccccc32)C1. The molecule has 0 spiro atoms. The van der Waals surface area contributed by atoms with E-state index in [-0.39, 0.29) is 36.9 Å². The first-order valence-corrected chi connectivity index (χ1v) is 11.1. The molecule has 2 amide bonds. The molecule has 7 nitrogen and oxygen atoms in total. The highest BCUT2D eigenvalue weighted by Gasteiger charge is 2.34. The Hall–Kier alpha value is -3.35. The predicted octanol–water partition coefficient (Wildman–Crippen LogP) is 3.63. The second kappa shape index (κ2) is 9.42. The summed E-state index contributed by atoms with van der Waals surface area (Å²) in [4.78, 5) is 36.8. The average Bonchev–Trinajstić information content (AvgIpc) is 3.08. The molecule has 168 valence electrons. The Bertz CT molecular complexity index is 969. The van der Waals surface area contributed by atoms with Crippen LogP contribution in [0.1, 0.15) is 43.2 Å². The summed E-state index contributed by atoms with van der Waals surface area (Å²) in [6.07, 6.45) is 1.26. The van der Waals surface area contributed by atoms with Crippen molar-refractivity contribution >= 4 is 18.0 Å². The van der Waals surface area contributed by atoms with E-state index in [0.717, 1.165) is 0 Å². The number of carbonyl (C=O) groups is 3. The van der Waals surface area contributed by atoms with Gasteiger partial charge < -0.3 is 20.1 Å². The van der Waals surface area contributed by atoms with Crippen molar-refractivity contribution in [1.29, 1.82) is 0 Å². The van der Waals surface area contributed by atoms with Crippen molar-refractivity contribution in [3.63, 3.8) is 0 Å². The maximum absolute atomic E-state index is 12.4. The van der Waals surface area contributed by atoms with E-state index >= 15 is 0 Å². The minimum Gasteiger partial charge on any atom is -0.480 e. The smallest absolute Gasteiger partial charge is 0.407 e. The Morgan fingerprint density at radius 2 is 1.62 bits per heavy atom. The zero-order valence-electron chi connectivity index (χ0n) is 18.1. The van der Waals surface area contributed by atoms with Crippen LogP contribution in [0.4, 0.5) is 4.79 Å². The van der Waals surface area contributed by atoms with Gasteiger partial charge in [-0.25, -0.2) is 4.79 Å². The number of ether oxygens (including phenoxy) is 1. The van der Waals surface area contributed by atoms with Crippen LogP contribution in [0.5, 0.6) is 0 Å². The number of carbonyl (C=O) groups excluding carboxylic acids is 2. The molecule has 0 saturated heterocycles. The lowest BCUT2D eigenvalue weighted by atomic mass is 9.78. The summed E-state index contributed by atoms with van der Waals surface area (Å²) in [6.45, 7) is 2.14. The molecule has 2 aromatic carbocycles. The van der Waals surface area contributed by atoms with Crippen molar-refractivity contribution in [2.24, 2.45) is 5.92 Å². The number of nitrogens with one attached hydrogen (secondary N) is 1. The van der Waals surface area contributed by atoms with Gasteiger partial charge >= 0.3 is 12.1 Å². The molecule has 0 heterocycles. The monoisotopic (exact) mass is 436 g/mol. The van der Waals surface area contributed by atoms with Gasteiger partial charge in [-0.05, 0) is 47.9 Å². The number of hydrogen-bond acceptors (Lipinski definition) is 4. The van der Waals surface area contributed by atoms with Gasteiger partial charge in [0.1, 0.15) is 13.2 Å². The van der Waals surface area contributed by atoms with Gasteiger partial charge in [-0.1, -0.05) is 48.5 Å². The average molecular weight is 437 g/mol. The van der Waals surface area contributed by atoms with Gasteiger partial charge in [0.25, 0.3) is 0 Å². The number of nitrogens with zero attached hydrogens (tertiary/aromatic N) is 1. The van der Waals surface area contributed by atoms with Crippen molar-refractivity contribution in [3.05, 3.63) is 59.7 Å². The first-order chi connectivity index (χ1) is 15.5. The molecule has 0 aromatic heterocycles. The Kier molecular flexibility index (Phi) is 6.44. The molecule has 0 radical (unpaired) electrons. The van der Waals surface area contributed by atoms with Crippen LogP contribution in [0.25, 0.3) is 11.1 Å². The highest BCUT2D eigenvalue weighted by atomic mass is 16.5. The number of aliphatic carboxylic acids is 1. The molecule has 1 fully saturated rings. The minimum absolute atomic E-state index is 0.0157. The predicted molar refractivity (Wildman–Crippen MR) is 119 cm³/mol. The van der Waals surface area contributed by atoms with E-state index in [1.807, 2.05) is 24.3 Å². The third-order valence-corrected chi connectivity index (χ3v) is 6.43. The lowest BCUT2D eigenvalue weighted by Gasteiger charge is -2.36. The summed E-state index contributed by atoms with van der Waals surface area (Å²) >= 11 is 0. The Balaban J connectivity index is 1.24. The maximum atomic E-state index is 12.4. The topological polar surface area (TPSA) is 95.9 Å². The highest BCUT2D eigenvalue weighted by Crippen LogP contribution is 2.44. The van der Waals surface area contributed by atoms with Crippen molar-refractivity contribution in [1.82, 2.24) is 10.2 Å². The largest absolute Gasteiger partial charge is 0.480 e. The lowest BCUT2D eigenvalue weighted by molar-refractivity contribution is -0.145.